The first-order chi connectivity index (χ1) is 6.40. The summed E-state index contributed by atoms with van der Waals surface area (Å²) in [6.45, 7) is 2.89. The Bertz CT molecular complexity index is 316. The molecule has 3 heteroatoms. The third-order valence-corrected chi connectivity index (χ3v) is 2.16. The van der Waals surface area contributed by atoms with Gasteiger partial charge in [-0.05, 0) is 36.6 Å². The van der Waals surface area contributed by atoms with Gasteiger partial charge >= 0.3 is 0 Å². The normalized spacial score (nSPS) is 11.8. The van der Waals surface area contributed by atoms with Gasteiger partial charge in [-0.1, -0.05) is 24.6 Å². The minimum absolute atomic E-state index is 0.249. The molecule has 0 heterocycles. The van der Waals surface area contributed by atoms with Crippen molar-refractivity contribution in [3.05, 3.63) is 34.3 Å². The van der Waals surface area contributed by atoms with Crippen LogP contribution in [0.4, 0.5) is 8.78 Å². The minimum Gasteiger partial charge on any atom is -0.207 e. The predicted molar refractivity (Wildman–Crippen MR) is 55.2 cm³/mol. The van der Waals surface area contributed by atoms with Crippen molar-refractivity contribution in [2.45, 2.75) is 32.6 Å². The van der Waals surface area contributed by atoms with Crippen molar-refractivity contribution in [1.82, 2.24) is 0 Å². The Balaban J connectivity index is 2.92. The van der Waals surface area contributed by atoms with Crippen molar-refractivity contribution in [3.8, 4) is 0 Å². The van der Waals surface area contributed by atoms with E-state index in [1.54, 1.807) is 18.2 Å². The van der Waals surface area contributed by atoms with Gasteiger partial charge in [0.2, 0.25) is 5.92 Å². The van der Waals surface area contributed by atoms with Gasteiger partial charge in [0, 0.05) is 11.4 Å². The Labute approximate surface area is 87.9 Å². The summed E-state index contributed by atoms with van der Waals surface area (Å²) in [7, 11) is 0. The number of hydrogen-bond acceptors (Lipinski definition) is 0. The van der Waals surface area contributed by atoms with Crippen LogP contribution >= 0.6 is 11.6 Å². The van der Waals surface area contributed by atoms with Crippen molar-refractivity contribution < 1.29 is 8.78 Å². The molecule has 0 aliphatic heterocycles. The first kappa shape index (κ1) is 11.4. The van der Waals surface area contributed by atoms with Crippen LogP contribution in [0.25, 0.3) is 0 Å². The van der Waals surface area contributed by atoms with Crippen LogP contribution in [0.1, 0.15) is 25.0 Å². The molecule has 0 aliphatic carbocycles. The maximum absolute atomic E-state index is 12.7. The van der Waals surface area contributed by atoms with E-state index in [-0.39, 0.29) is 6.42 Å². The van der Waals surface area contributed by atoms with Crippen LogP contribution in [-0.4, -0.2) is 5.92 Å². The van der Waals surface area contributed by atoms with Crippen molar-refractivity contribution >= 4 is 11.6 Å². The lowest BCUT2D eigenvalue weighted by atomic mass is 10.0. The van der Waals surface area contributed by atoms with Gasteiger partial charge in [-0.3, -0.25) is 0 Å². The summed E-state index contributed by atoms with van der Waals surface area (Å²) in [4.78, 5) is 0. The third kappa shape index (κ3) is 3.62. The number of aryl methyl sites for hydroxylation is 1. The Morgan fingerprint density at radius 1 is 1.21 bits per heavy atom. The van der Waals surface area contributed by atoms with Gasteiger partial charge < -0.3 is 0 Å². The van der Waals surface area contributed by atoms with Crippen LogP contribution in [0.2, 0.25) is 5.02 Å². The van der Waals surface area contributed by atoms with Crippen molar-refractivity contribution in [1.29, 1.82) is 0 Å². The SMILES string of the molecule is CCc1cc(Cl)cc(CC(C)(F)F)c1. The largest absolute Gasteiger partial charge is 0.249 e. The molecule has 0 saturated carbocycles. The second-order valence-electron chi connectivity index (χ2n) is 3.57. The first-order valence-corrected chi connectivity index (χ1v) is 4.94. The Morgan fingerprint density at radius 3 is 2.29 bits per heavy atom. The van der Waals surface area contributed by atoms with Crippen LogP contribution in [0.5, 0.6) is 0 Å². The number of hydrogen-bond donors (Lipinski definition) is 0. The molecule has 0 saturated heterocycles. The average molecular weight is 219 g/mol. The van der Waals surface area contributed by atoms with E-state index < -0.39 is 5.92 Å². The molecule has 0 fully saturated rings. The maximum Gasteiger partial charge on any atom is 0.249 e. The number of benzene rings is 1. The average Bonchev–Trinajstić information content (AvgIpc) is 1.99. The Hall–Kier alpha value is -0.630. The maximum atomic E-state index is 12.7. The minimum atomic E-state index is -2.67. The molecular formula is C11H13ClF2. The monoisotopic (exact) mass is 218 g/mol. The summed E-state index contributed by atoms with van der Waals surface area (Å²) in [6.07, 6.45) is 0.559. The summed E-state index contributed by atoms with van der Waals surface area (Å²) >= 11 is 5.81. The molecule has 0 spiro atoms. The highest BCUT2D eigenvalue weighted by Gasteiger charge is 2.21. The number of rotatable bonds is 3. The molecule has 0 N–H and O–H groups in total. The van der Waals surface area contributed by atoms with E-state index in [1.807, 2.05) is 6.92 Å². The van der Waals surface area contributed by atoms with E-state index in [4.69, 9.17) is 11.6 Å². The van der Waals surface area contributed by atoms with Crippen LogP contribution < -0.4 is 0 Å². The number of alkyl halides is 2. The van der Waals surface area contributed by atoms with Crippen LogP contribution in [0.15, 0.2) is 18.2 Å². The number of halogens is 3. The molecule has 1 rings (SSSR count). The predicted octanol–water partition coefficient (Wildman–Crippen LogP) is 4.10. The van der Waals surface area contributed by atoms with Crippen LogP contribution in [-0.2, 0) is 12.8 Å². The van der Waals surface area contributed by atoms with Crippen LogP contribution in [0.3, 0.4) is 0 Å². The third-order valence-electron chi connectivity index (χ3n) is 1.94. The molecule has 1 aromatic carbocycles. The molecule has 0 nitrogen and oxygen atoms in total. The first-order valence-electron chi connectivity index (χ1n) is 4.57. The van der Waals surface area contributed by atoms with Crippen LogP contribution in [0, 0.1) is 0 Å². The Kier molecular flexibility index (Phi) is 3.48. The van der Waals surface area contributed by atoms with E-state index in [0.717, 1.165) is 18.9 Å². The molecule has 0 aliphatic rings. The Morgan fingerprint density at radius 2 is 1.79 bits per heavy atom. The van der Waals surface area contributed by atoms with Crippen molar-refractivity contribution in [2.75, 3.05) is 0 Å². The van der Waals surface area contributed by atoms with Gasteiger partial charge in [0.05, 0.1) is 0 Å². The molecule has 78 valence electrons. The molecule has 0 amide bonds. The van der Waals surface area contributed by atoms with Gasteiger partial charge in [-0.2, -0.15) is 0 Å². The van der Waals surface area contributed by atoms with Gasteiger partial charge in [-0.25, -0.2) is 8.78 Å². The lowest BCUT2D eigenvalue weighted by Crippen LogP contribution is -2.13. The van der Waals surface area contributed by atoms with E-state index >= 15 is 0 Å². The highest BCUT2D eigenvalue weighted by molar-refractivity contribution is 6.30. The lowest BCUT2D eigenvalue weighted by Gasteiger charge is -2.11. The van der Waals surface area contributed by atoms with E-state index in [9.17, 15) is 8.78 Å². The highest BCUT2D eigenvalue weighted by Crippen LogP contribution is 2.22. The van der Waals surface area contributed by atoms with Crippen molar-refractivity contribution in [2.24, 2.45) is 0 Å². The fourth-order valence-corrected chi connectivity index (χ4v) is 1.66. The summed E-state index contributed by atoms with van der Waals surface area (Å²) < 4.78 is 25.5. The molecule has 0 bridgehead atoms. The van der Waals surface area contributed by atoms with Gasteiger partial charge in [0.15, 0.2) is 0 Å². The van der Waals surface area contributed by atoms with E-state index in [0.29, 0.717) is 10.6 Å². The highest BCUT2D eigenvalue weighted by atomic mass is 35.5. The van der Waals surface area contributed by atoms with Gasteiger partial charge in [-0.15, -0.1) is 0 Å². The van der Waals surface area contributed by atoms with Gasteiger partial charge in [0.25, 0.3) is 0 Å². The molecule has 0 unspecified atom stereocenters. The topological polar surface area (TPSA) is 0 Å². The summed E-state index contributed by atoms with van der Waals surface area (Å²) in [5.74, 6) is -2.67. The summed E-state index contributed by atoms with van der Waals surface area (Å²) in [5, 5.41) is 0.531. The second kappa shape index (κ2) is 4.26. The zero-order chi connectivity index (χ0) is 10.8. The van der Waals surface area contributed by atoms with Crippen molar-refractivity contribution in [3.63, 3.8) is 0 Å². The quantitative estimate of drug-likeness (QED) is 0.717. The van der Waals surface area contributed by atoms with Gasteiger partial charge in [0.1, 0.15) is 0 Å². The molecule has 14 heavy (non-hydrogen) atoms. The fourth-order valence-electron chi connectivity index (χ4n) is 1.38. The summed E-state index contributed by atoms with van der Waals surface area (Å²) in [5.41, 5.74) is 1.60. The lowest BCUT2D eigenvalue weighted by molar-refractivity contribution is 0.0226. The van der Waals surface area contributed by atoms with E-state index in [1.165, 1.54) is 0 Å². The second-order valence-corrected chi connectivity index (χ2v) is 4.00. The summed E-state index contributed by atoms with van der Waals surface area (Å²) in [6, 6.07) is 5.18. The molecule has 0 aromatic heterocycles. The molecular weight excluding hydrogens is 206 g/mol. The zero-order valence-corrected chi connectivity index (χ0v) is 9.04. The smallest absolute Gasteiger partial charge is 0.207 e. The molecule has 1 aromatic rings. The zero-order valence-electron chi connectivity index (χ0n) is 8.28. The molecule has 0 radical (unpaired) electrons. The molecule has 0 atom stereocenters. The fraction of sp³-hybridized carbons (Fsp3) is 0.455. The standard InChI is InChI=1S/C11H13ClF2/c1-3-8-4-9(6-10(12)5-8)7-11(2,13)14/h4-6H,3,7H2,1-2H3. The van der Waals surface area contributed by atoms with E-state index in [2.05, 4.69) is 0 Å².